The number of hydrogen-bond acceptors (Lipinski definition) is 4. The van der Waals surface area contributed by atoms with Gasteiger partial charge in [0.25, 0.3) is 5.91 Å². The summed E-state index contributed by atoms with van der Waals surface area (Å²) in [6.07, 6.45) is 0. The molecule has 0 bridgehead atoms. The maximum atomic E-state index is 12.4. The molecule has 138 valence electrons. The molecule has 0 saturated carbocycles. The molecule has 0 unspecified atom stereocenters. The van der Waals surface area contributed by atoms with E-state index in [1.54, 1.807) is 42.5 Å². The van der Waals surface area contributed by atoms with Gasteiger partial charge in [-0.25, -0.2) is 9.79 Å². The molecule has 0 fully saturated rings. The van der Waals surface area contributed by atoms with Crippen LogP contribution in [-0.4, -0.2) is 29.5 Å². The fourth-order valence-corrected chi connectivity index (χ4v) is 2.04. The van der Waals surface area contributed by atoms with E-state index in [0.29, 0.717) is 16.9 Å². The second kappa shape index (κ2) is 9.28. The zero-order valence-electron chi connectivity index (χ0n) is 13.9. The Morgan fingerprint density at radius 1 is 1.15 bits per heavy atom. The second-order valence-corrected chi connectivity index (χ2v) is 5.22. The molecule has 0 heterocycles. The summed E-state index contributed by atoms with van der Waals surface area (Å²) in [5.74, 6) is -1.27. The lowest BCUT2D eigenvalue weighted by Crippen LogP contribution is -2.21. The molecule has 0 aliphatic rings. The molecule has 0 aliphatic carbocycles. The molecule has 0 aromatic heterocycles. The third kappa shape index (κ3) is 5.99. The van der Waals surface area contributed by atoms with E-state index in [1.807, 2.05) is 6.92 Å². The van der Waals surface area contributed by atoms with E-state index in [-0.39, 0.29) is 30.0 Å². The first-order chi connectivity index (χ1) is 11.8. The van der Waals surface area contributed by atoms with Crippen molar-refractivity contribution in [3.63, 3.8) is 0 Å². The van der Waals surface area contributed by atoms with Crippen LogP contribution in [0.1, 0.15) is 15.9 Å². The number of carbonyl (C=O) groups excluding carboxylic acids is 1. The Kier molecular flexibility index (Phi) is 7.42. The molecule has 8 nitrogen and oxygen atoms in total. The van der Waals surface area contributed by atoms with Gasteiger partial charge in [0.05, 0.1) is 11.4 Å². The van der Waals surface area contributed by atoms with Gasteiger partial charge in [0, 0.05) is 5.56 Å². The Hall–Kier alpha value is -3.26. The first-order valence-corrected chi connectivity index (χ1v) is 7.31. The Morgan fingerprint density at radius 3 is 2.38 bits per heavy atom. The number of aliphatic imine (C=N–C) groups is 1. The number of carboxylic acid groups (broad SMARTS) is 1. The highest BCUT2D eigenvalue weighted by Gasteiger charge is 2.11. The number of rotatable bonds is 6. The van der Waals surface area contributed by atoms with E-state index in [4.69, 9.17) is 21.3 Å². The molecule has 0 atom stereocenters. The number of hydrogen-bond donors (Lipinski definition) is 4. The average molecular weight is 379 g/mol. The van der Waals surface area contributed by atoms with Crippen LogP contribution in [0.25, 0.3) is 0 Å². The number of aliphatic carboxylic acids is 1. The number of nitrogens with two attached hydrogens (primary N) is 2. The van der Waals surface area contributed by atoms with Crippen LogP contribution in [0, 0.1) is 6.92 Å². The van der Waals surface area contributed by atoms with Crippen LogP contribution in [0.3, 0.4) is 0 Å². The molecule has 26 heavy (non-hydrogen) atoms. The van der Waals surface area contributed by atoms with E-state index in [2.05, 4.69) is 10.3 Å². The lowest BCUT2D eigenvalue weighted by atomic mass is 10.1. The predicted molar refractivity (Wildman–Crippen MR) is 101 cm³/mol. The molecule has 1 amide bonds. The molecule has 2 rings (SSSR count). The van der Waals surface area contributed by atoms with Crippen molar-refractivity contribution in [3.8, 4) is 5.75 Å². The molecular weight excluding hydrogens is 360 g/mol. The van der Waals surface area contributed by atoms with Gasteiger partial charge in [-0.05, 0) is 48.9 Å². The maximum absolute atomic E-state index is 12.4. The van der Waals surface area contributed by atoms with E-state index >= 15 is 0 Å². The molecule has 0 saturated heterocycles. The first kappa shape index (κ1) is 20.8. The summed E-state index contributed by atoms with van der Waals surface area (Å²) in [6.45, 7) is 1.35. The fourth-order valence-electron chi connectivity index (χ4n) is 2.04. The molecule has 2 aromatic carbocycles. The molecular formula is C17H19ClN4O4. The van der Waals surface area contributed by atoms with Gasteiger partial charge in [-0.1, -0.05) is 6.07 Å². The summed E-state index contributed by atoms with van der Waals surface area (Å²) in [4.78, 5) is 26.9. The molecule has 2 aromatic rings. The molecule has 0 spiro atoms. The monoisotopic (exact) mass is 378 g/mol. The van der Waals surface area contributed by atoms with Crippen LogP contribution in [-0.2, 0) is 4.79 Å². The maximum Gasteiger partial charge on any atom is 0.341 e. The van der Waals surface area contributed by atoms with Gasteiger partial charge in [0.15, 0.2) is 12.6 Å². The van der Waals surface area contributed by atoms with Gasteiger partial charge in [-0.3, -0.25) is 4.79 Å². The summed E-state index contributed by atoms with van der Waals surface area (Å²) in [5.41, 5.74) is 12.8. The smallest absolute Gasteiger partial charge is 0.341 e. The number of halogens is 1. The summed E-state index contributed by atoms with van der Waals surface area (Å²) in [6, 6.07) is 11.4. The van der Waals surface area contributed by atoms with E-state index in [0.717, 1.165) is 5.56 Å². The number of amides is 1. The lowest BCUT2D eigenvalue weighted by Gasteiger charge is -2.12. The van der Waals surface area contributed by atoms with Crippen LogP contribution >= 0.6 is 12.4 Å². The van der Waals surface area contributed by atoms with Crippen molar-refractivity contribution >= 4 is 41.6 Å². The highest BCUT2D eigenvalue weighted by atomic mass is 35.5. The van der Waals surface area contributed by atoms with Crippen LogP contribution < -0.4 is 21.5 Å². The Bertz CT molecular complexity index is 818. The van der Waals surface area contributed by atoms with Crippen LogP contribution in [0.2, 0.25) is 0 Å². The zero-order chi connectivity index (χ0) is 18.4. The highest BCUT2D eigenvalue weighted by molar-refractivity contribution is 6.05. The zero-order valence-corrected chi connectivity index (χ0v) is 14.7. The van der Waals surface area contributed by atoms with Gasteiger partial charge < -0.3 is 26.6 Å². The number of guanidine groups is 1. The summed E-state index contributed by atoms with van der Waals surface area (Å²) >= 11 is 0. The van der Waals surface area contributed by atoms with Crippen LogP contribution in [0.5, 0.6) is 5.75 Å². The van der Waals surface area contributed by atoms with Crippen molar-refractivity contribution in [2.24, 2.45) is 16.5 Å². The summed E-state index contributed by atoms with van der Waals surface area (Å²) < 4.78 is 5.19. The first-order valence-electron chi connectivity index (χ1n) is 7.31. The quantitative estimate of drug-likeness (QED) is 0.448. The Balaban J connectivity index is 0.00000338. The average Bonchev–Trinajstić information content (AvgIpc) is 2.54. The number of carboxylic acids is 1. The standard InChI is InChI=1S/C17H18N4O4.ClH/c1-10-2-7-14(25-9-15(22)23)13(8-10)21-16(24)11-3-5-12(6-4-11)20-17(18)19;/h2-8H,9H2,1H3,(H,21,24)(H,22,23)(H4,18,19,20);1H. The lowest BCUT2D eigenvalue weighted by molar-refractivity contribution is -0.139. The topological polar surface area (TPSA) is 140 Å². The molecule has 9 heteroatoms. The van der Waals surface area contributed by atoms with Gasteiger partial charge in [-0.15, -0.1) is 12.4 Å². The van der Waals surface area contributed by atoms with Crippen LogP contribution in [0.4, 0.5) is 11.4 Å². The summed E-state index contributed by atoms with van der Waals surface area (Å²) in [5, 5.41) is 11.4. The van der Waals surface area contributed by atoms with Crippen LogP contribution in [0.15, 0.2) is 47.5 Å². The molecule has 0 aliphatic heterocycles. The van der Waals surface area contributed by atoms with E-state index in [9.17, 15) is 9.59 Å². The predicted octanol–water partition coefficient (Wildman–Crippen LogP) is 2.04. The van der Waals surface area contributed by atoms with Crippen molar-refractivity contribution in [2.75, 3.05) is 11.9 Å². The van der Waals surface area contributed by atoms with Gasteiger partial charge in [-0.2, -0.15) is 0 Å². The van der Waals surface area contributed by atoms with Crippen molar-refractivity contribution < 1.29 is 19.4 Å². The third-order valence-electron chi connectivity index (χ3n) is 3.12. The number of nitrogens with one attached hydrogen (secondary N) is 1. The Morgan fingerprint density at radius 2 is 1.81 bits per heavy atom. The highest BCUT2D eigenvalue weighted by Crippen LogP contribution is 2.26. The van der Waals surface area contributed by atoms with Gasteiger partial charge >= 0.3 is 5.97 Å². The van der Waals surface area contributed by atoms with E-state index in [1.165, 1.54) is 0 Å². The number of nitrogens with zero attached hydrogens (tertiary/aromatic N) is 1. The van der Waals surface area contributed by atoms with Crippen molar-refractivity contribution in [3.05, 3.63) is 53.6 Å². The summed E-state index contributed by atoms with van der Waals surface area (Å²) in [7, 11) is 0. The largest absolute Gasteiger partial charge is 0.480 e. The van der Waals surface area contributed by atoms with E-state index < -0.39 is 12.6 Å². The number of aryl methyl sites for hydroxylation is 1. The minimum Gasteiger partial charge on any atom is -0.480 e. The number of carbonyl (C=O) groups is 2. The van der Waals surface area contributed by atoms with Crippen molar-refractivity contribution in [2.45, 2.75) is 6.92 Å². The normalized spacial score (nSPS) is 9.58. The van der Waals surface area contributed by atoms with Gasteiger partial charge in [0.1, 0.15) is 5.75 Å². The Labute approximate surface area is 156 Å². The number of ether oxygens (including phenoxy) is 1. The third-order valence-corrected chi connectivity index (χ3v) is 3.12. The van der Waals surface area contributed by atoms with Crippen molar-refractivity contribution in [1.82, 2.24) is 0 Å². The second-order valence-electron chi connectivity index (χ2n) is 5.22. The SMILES string of the molecule is Cc1ccc(OCC(=O)O)c(NC(=O)c2ccc(N=C(N)N)cc2)c1.Cl. The fraction of sp³-hybridized carbons (Fsp3) is 0.118. The minimum absolute atomic E-state index is 0. The number of benzene rings is 2. The molecule has 0 radical (unpaired) electrons. The molecule has 6 N–H and O–H groups in total. The number of anilines is 1. The minimum atomic E-state index is -1.10. The van der Waals surface area contributed by atoms with Crippen molar-refractivity contribution in [1.29, 1.82) is 0 Å². The van der Waals surface area contributed by atoms with Gasteiger partial charge in [0.2, 0.25) is 0 Å².